The molecule has 0 N–H and O–H groups in total. The van der Waals surface area contributed by atoms with E-state index < -0.39 is 0 Å². The van der Waals surface area contributed by atoms with Crippen molar-refractivity contribution in [3.63, 3.8) is 0 Å². The third-order valence-corrected chi connectivity index (χ3v) is 2.47. The quantitative estimate of drug-likeness (QED) is 0.340. The van der Waals surface area contributed by atoms with E-state index in [0.717, 1.165) is 42.3 Å². The maximum atomic E-state index is 5.66. The van der Waals surface area contributed by atoms with E-state index in [2.05, 4.69) is 13.8 Å². The Hall–Kier alpha value is 0.452. The summed E-state index contributed by atoms with van der Waals surface area (Å²) in [5.41, 5.74) is 0. The normalized spacial score (nSPS) is 11.9. The first kappa shape index (κ1) is 13.5. The van der Waals surface area contributed by atoms with Crippen molar-refractivity contribution in [1.82, 2.24) is 0 Å². The van der Waals surface area contributed by atoms with Crippen LogP contribution in [0, 0.1) is 0 Å². The van der Waals surface area contributed by atoms with Crippen LogP contribution in [0.1, 0.15) is 46.5 Å². The van der Waals surface area contributed by atoms with E-state index in [1.165, 1.54) is 12.8 Å². The van der Waals surface area contributed by atoms with Gasteiger partial charge in [0.05, 0.1) is 4.65 Å². The van der Waals surface area contributed by atoms with E-state index in [0.29, 0.717) is 0 Å². The van der Waals surface area contributed by atoms with Crippen LogP contribution in [0.2, 0.25) is 0 Å². The molecule has 2 nitrogen and oxygen atoms in total. The van der Waals surface area contributed by atoms with Crippen LogP contribution in [-0.2, 0) is 9.47 Å². The summed E-state index contributed by atoms with van der Waals surface area (Å²) < 4.78 is 11.1. The summed E-state index contributed by atoms with van der Waals surface area (Å²) in [7, 11) is 0. The van der Waals surface area contributed by atoms with Crippen LogP contribution in [0.3, 0.4) is 0 Å². The second-order valence-corrected chi connectivity index (χ2v) is 5.62. The molecule has 0 unspecified atom stereocenters. The van der Waals surface area contributed by atoms with Gasteiger partial charge >= 0.3 is 16.3 Å². The smallest absolute Gasteiger partial charge is 0.307 e. The molecular weight excluding hydrogens is 179 g/mol. The van der Waals surface area contributed by atoms with Crippen molar-refractivity contribution in [2.45, 2.75) is 51.1 Å². The van der Waals surface area contributed by atoms with Crippen molar-refractivity contribution in [2.75, 3.05) is 13.2 Å². The molecule has 0 spiro atoms. The average molecular weight is 202 g/mol. The van der Waals surface area contributed by atoms with Gasteiger partial charge in [0.2, 0.25) is 0 Å². The van der Waals surface area contributed by atoms with Crippen molar-refractivity contribution in [1.29, 1.82) is 0 Å². The van der Waals surface area contributed by atoms with Crippen LogP contribution >= 0.6 is 0 Å². The first-order valence-corrected chi connectivity index (χ1v) is 6.40. The van der Waals surface area contributed by atoms with Gasteiger partial charge in [-0.05, 0) is 19.8 Å². The van der Waals surface area contributed by atoms with Crippen LogP contribution < -0.4 is 0 Å². The molecule has 0 aromatic heterocycles. The van der Waals surface area contributed by atoms with E-state index in [9.17, 15) is 0 Å². The summed E-state index contributed by atoms with van der Waals surface area (Å²) in [4.78, 5) is 0. The summed E-state index contributed by atoms with van der Waals surface area (Å²) in [6.07, 6.45) is 4.64. The van der Waals surface area contributed by atoms with E-state index in [-0.39, 0.29) is 4.65 Å². The molecule has 0 atom stereocenters. The van der Waals surface area contributed by atoms with Gasteiger partial charge in [-0.2, -0.15) is 0 Å². The molecule has 0 aliphatic rings. The van der Waals surface area contributed by atoms with Crippen LogP contribution in [-0.4, -0.2) is 34.2 Å². The number of unbranched alkanes of at least 4 members (excludes halogenated alkanes) is 2. The first-order chi connectivity index (χ1) is 6.12. The van der Waals surface area contributed by atoms with E-state index >= 15 is 0 Å². The minimum absolute atomic E-state index is 0.260. The molecule has 0 bridgehead atoms. The third-order valence-electron chi connectivity index (χ3n) is 1.90. The zero-order valence-electron chi connectivity index (χ0n) is 9.56. The molecule has 0 rings (SSSR count). The fraction of sp³-hybridized carbons (Fsp3) is 1.00. The van der Waals surface area contributed by atoms with Gasteiger partial charge in [0.15, 0.2) is 0 Å². The molecule has 3 heteroatoms. The summed E-state index contributed by atoms with van der Waals surface area (Å²) in [5.74, 6) is 0. The van der Waals surface area contributed by atoms with E-state index in [1.54, 1.807) is 0 Å². The Labute approximate surface area is 90.4 Å². The minimum Gasteiger partial charge on any atom is -0.366 e. The number of rotatable bonds is 8. The highest BCUT2D eigenvalue weighted by Crippen LogP contribution is 2.09. The maximum Gasteiger partial charge on any atom is 0.307 e. The summed E-state index contributed by atoms with van der Waals surface area (Å²) in [6, 6.07) is 0. The highest BCUT2D eigenvalue weighted by Gasteiger charge is 2.17. The molecule has 0 aromatic carbocycles. The van der Waals surface area contributed by atoms with Gasteiger partial charge in [-0.25, -0.2) is 0 Å². The Kier molecular flexibility index (Phi) is 8.09. The summed E-state index contributed by atoms with van der Waals surface area (Å²) >= 11 is 0.937. The molecule has 78 valence electrons. The van der Waals surface area contributed by atoms with Crippen molar-refractivity contribution in [3.8, 4) is 0 Å². The lowest BCUT2D eigenvalue weighted by molar-refractivity contribution is -0.167. The highest BCUT2D eigenvalue weighted by atomic mass is 27.0. The molecule has 0 aliphatic heterocycles. The monoisotopic (exact) mass is 202 g/mol. The molecule has 0 fully saturated rings. The van der Waals surface area contributed by atoms with Gasteiger partial charge in [-0.1, -0.05) is 26.7 Å². The predicted octanol–water partition coefficient (Wildman–Crippen LogP) is 1.93. The topological polar surface area (TPSA) is 18.5 Å². The minimum atomic E-state index is -0.260. The predicted molar refractivity (Wildman–Crippen MR) is 58.7 cm³/mol. The van der Waals surface area contributed by atoms with Gasteiger partial charge in [0.25, 0.3) is 0 Å². The third kappa shape index (κ3) is 8.77. The summed E-state index contributed by atoms with van der Waals surface area (Å²) in [5, 5.41) is 0. The lowest BCUT2D eigenvalue weighted by Gasteiger charge is -2.26. The molecule has 0 aromatic rings. The molecule has 13 heavy (non-hydrogen) atoms. The van der Waals surface area contributed by atoms with Gasteiger partial charge in [0.1, 0.15) is 0 Å². The van der Waals surface area contributed by atoms with Gasteiger partial charge in [-0.15, -0.1) is 0 Å². The molecule has 0 saturated heterocycles. The standard InChI is InChI=1S/C10H21O2.Al.2H/c1-4-6-8-11-10(3)12-9-7-5-2;;;/h4-9H2,1-3H3;;;. The second kappa shape index (κ2) is 7.82. The number of hydrogen-bond donors (Lipinski definition) is 0. The zero-order valence-corrected chi connectivity index (χ0v) is 11.6. The van der Waals surface area contributed by atoms with Crippen molar-refractivity contribution >= 4 is 16.3 Å². The van der Waals surface area contributed by atoms with E-state index in [4.69, 9.17) is 9.47 Å². The Balaban J connectivity index is 3.42. The fourth-order valence-electron chi connectivity index (χ4n) is 0.966. The van der Waals surface area contributed by atoms with E-state index in [1.807, 2.05) is 6.92 Å². The molecule has 0 radical (unpaired) electrons. The lowest BCUT2D eigenvalue weighted by atomic mass is 10.3. The summed E-state index contributed by atoms with van der Waals surface area (Å²) in [6.45, 7) is 8.06. The molecule has 0 saturated carbocycles. The Morgan fingerprint density at radius 2 is 1.38 bits per heavy atom. The number of hydrogen-bond acceptors (Lipinski definition) is 2. The van der Waals surface area contributed by atoms with Crippen LogP contribution in [0.4, 0.5) is 0 Å². The average Bonchev–Trinajstić information content (AvgIpc) is 2.05. The maximum absolute atomic E-state index is 5.66. The lowest BCUT2D eigenvalue weighted by Crippen LogP contribution is -2.33. The molecule has 0 heterocycles. The number of ether oxygens (including phenoxy) is 2. The van der Waals surface area contributed by atoms with Crippen LogP contribution in [0.25, 0.3) is 0 Å². The molecule has 0 amide bonds. The van der Waals surface area contributed by atoms with Crippen LogP contribution in [0.15, 0.2) is 0 Å². The molecule has 0 aliphatic carbocycles. The fourth-order valence-corrected chi connectivity index (χ4v) is 1.37. The Bertz CT molecular complexity index is 103. The van der Waals surface area contributed by atoms with Crippen LogP contribution in [0.5, 0.6) is 0 Å². The van der Waals surface area contributed by atoms with Crippen molar-refractivity contribution in [2.24, 2.45) is 0 Å². The molecular formula is C10H23AlO2. The van der Waals surface area contributed by atoms with Gasteiger partial charge in [0, 0.05) is 13.2 Å². The Morgan fingerprint density at radius 3 is 1.69 bits per heavy atom. The zero-order chi connectivity index (χ0) is 10.2. The first-order valence-electron chi connectivity index (χ1n) is 5.40. The Morgan fingerprint density at radius 1 is 1.00 bits per heavy atom. The largest absolute Gasteiger partial charge is 0.366 e. The SMILES string of the molecule is CCCCO[C](C)([AlH2])OCCCC. The van der Waals surface area contributed by atoms with Gasteiger partial charge in [-0.3, -0.25) is 0 Å². The highest BCUT2D eigenvalue weighted by molar-refractivity contribution is 6.13. The van der Waals surface area contributed by atoms with Crippen molar-refractivity contribution < 1.29 is 9.47 Å². The van der Waals surface area contributed by atoms with Crippen molar-refractivity contribution in [3.05, 3.63) is 0 Å². The van der Waals surface area contributed by atoms with Gasteiger partial charge < -0.3 is 9.47 Å². The second-order valence-electron chi connectivity index (χ2n) is 3.80.